The highest BCUT2D eigenvalue weighted by Crippen LogP contribution is 2.28. The molecule has 2 N–H and O–H groups in total. The van der Waals surface area contributed by atoms with Crippen LogP contribution >= 0.6 is 0 Å². The zero-order valence-electron chi connectivity index (χ0n) is 10.5. The zero-order valence-corrected chi connectivity index (χ0v) is 10.5. The monoisotopic (exact) mass is 284 g/mol. The Balaban J connectivity index is 2.69. The Morgan fingerprint density at radius 2 is 2.10 bits per heavy atom. The van der Waals surface area contributed by atoms with E-state index in [-0.39, 0.29) is 17.1 Å². The number of non-ortho nitro benzene ring substituents is 1. The lowest BCUT2D eigenvalue weighted by Crippen LogP contribution is -2.21. The number of methoxy groups -OCH3 is 1. The molecule has 0 aromatic heterocycles. The standard InChI is InChI=1S/C11H12N2O7/c1-19-9-4-7(13(17)18)2-3-8(9)12-10(14)5-20-6-11(15)16/h2-4H,5-6H2,1H3,(H,12,14)(H,15,16). The van der Waals surface area contributed by atoms with Gasteiger partial charge in [0.15, 0.2) is 0 Å². The van der Waals surface area contributed by atoms with E-state index in [2.05, 4.69) is 10.1 Å². The van der Waals surface area contributed by atoms with Crippen molar-refractivity contribution in [1.29, 1.82) is 0 Å². The van der Waals surface area contributed by atoms with Crippen LogP contribution in [0.3, 0.4) is 0 Å². The Hall–Kier alpha value is -2.68. The molecule has 1 rings (SSSR count). The van der Waals surface area contributed by atoms with E-state index < -0.39 is 30.0 Å². The van der Waals surface area contributed by atoms with Gasteiger partial charge in [-0.3, -0.25) is 14.9 Å². The summed E-state index contributed by atoms with van der Waals surface area (Å²) in [6.45, 7) is -1.04. The van der Waals surface area contributed by atoms with Gasteiger partial charge in [-0.1, -0.05) is 0 Å². The van der Waals surface area contributed by atoms with Gasteiger partial charge in [0.05, 0.1) is 23.8 Å². The molecule has 0 spiro atoms. The minimum Gasteiger partial charge on any atom is -0.494 e. The van der Waals surface area contributed by atoms with Crippen molar-refractivity contribution in [2.45, 2.75) is 0 Å². The van der Waals surface area contributed by atoms with Gasteiger partial charge < -0.3 is 19.9 Å². The number of amides is 1. The van der Waals surface area contributed by atoms with Gasteiger partial charge >= 0.3 is 5.97 Å². The lowest BCUT2D eigenvalue weighted by molar-refractivity contribution is -0.384. The third-order valence-electron chi connectivity index (χ3n) is 2.13. The molecule has 0 saturated heterocycles. The van der Waals surface area contributed by atoms with Gasteiger partial charge in [-0.2, -0.15) is 0 Å². The van der Waals surface area contributed by atoms with Crippen molar-refractivity contribution in [2.24, 2.45) is 0 Å². The van der Waals surface area contributed by atoms with Crippen LogP contribution in [-0.4, -0.2) is 42.2 Å². The third-order valence-corrected chi connectivity index (χ3v) is 2.13. The summed E-state index contributed by atoms with van der Waals surface area (Å²) in [5, 5.41) is 21.3. The van der Waals surface area contributed by atoms with Crippen LogP contribution in [0, 0.1) is 10.1 Å². The summed E-state index contributed by atoms with van der Waals surface area (Å²) in [4.78, 5) is 31.7. The van der Waals surface area contributed by atoms with Crippen LogP contribution in [0.2, 0.25) is 0 Å². The lowest BCUT2D eigenvalue weighted by atomic mass is 10.2. The van der Waals surface area contributed by atoms with Crippen molar-refractivity contribution in [2.75, 3.05) is 25.6 Å². The summed E-state index contributed by atoms with van der Waals surface area (Å²) in [7, 11) is 1.30. The maximum absolute atomic E-state index is 11.5. The second-order valence-electron chi connectivity index (χ2n) is 3.58. The van der Waals surface area contributed by atoms with Crippen molar-refractivity contribution < 1.29 is 29.1 Å². The summed E-state index contributed by atoms with van der Waals surface area (Å²) in [6.07, 6.45) is 0. The average Bonchev–Trinajstić information content (AvgIpc) is 2.38. The van der Waals surface area contributed by atoms with E-state index in [4.69, 9.17) is 9.84 Å². The molecule has 0 unspecified atom stereocenters. The van der Waals surface area contributed by atoms with E-state index in [0.717, 1.165) is 6.07 Å². The number of rotatable bonds is 7. The highest BCUT2D eigenvalue weighted by Gasteiger charge is 2.13. The number of hydrogen-bond donors (Lipinski definition) is 2. The normalized spacial score (nSPS) is 9.85. The van der Waals surface area contributed by atoms with E-state index in [1.54, 1.807) is 0 Å². The highest BCUT2D eigenvalue weighted by atomic mass is 16.6. The number of benzene rings is 1. The highest BCUT2D eigenvalue weighted by molar-refractivity contribution is 5.93. The molecular weight excluding hydrogens is 272 g/mol. The van der Waals surface area contributed by atoms with Crippen molar-refractivity contribution in [3.63, 3.8) is 0 Å². The SMILES string of the molecule is COc1cc([N+](=O)[O-])ccc1NC(=O)COCC(=O)O. The minimum absolute atomic E-state index is 0.116. The molecule has 108 valence electrons. The topological polar surface area (TPSA) is 128 Å². The fourth-order valence-corrected chi connectivity index (χ4v) is 1.31. The van der Waals surface area contributed by atoms with Crippen LogP contribution in [0.25, 0.3) is 0 Å². The number of nitrogens with one attached hydrogen (secondary N) is 1. The van der Waals surface area contributed by atoms with E-state index in [0.29, 0.717) is 0 Å². The smallest absolute Gasteiger partial charge is 0.329 e. The van der Waals surface area contributed by atoms with Crippen molar-refractivity contribution in [1.82, 2.24) is 0 Å². The van der Waals surface area contributed by atoms with Crippen molar-refractivity contribution in [3.05, 3.63) is 28.3 Å². The van der Waals surface area contributed by atoms with Crippen LogP contribution in [0.1, 0.15) is 0 Å². The molecule has 0 fully saturated rings. The van der Waals surface area contributed by atoms with Gasteiger partial charge in [0.1, 0.15) is 19.0 Å². The van der Waals surface area contributed by atoms with Gasteiger partial charge in [0, 0.05) is 6.07 Å². The van der Waals surface area contributed by atoms with Crippen LogP contribution in [0.4, 0.5) is 11.4 Å². The Morgan fingerprint density at radius 1 is 1.40 bits per heavy atom. The summed E-state index contributed by atoms with van der Waals surface area (Å²) >= 11 is 0. The van der Waals surface area contributed by atoms with E-state index in [1.807, 2.05) is 0 Å². The van der Waals surface area contributed by atoms with E-state index in [1.165, 1.54) is 19.2 Å². The third kappa shape index (κ3) is 4.53. The number of hydrogen-bond acceptors (Lipinski definition) is 6. The molecule has 1 aromatic rings. The molecule has 0 aliphatic heterocycles. The molecule has 0 aliphatic carbocycles. The fraction of sp³-hybridized carbons (Fsp3) is 0.273. The number of carboxylic acids is 1. The average molecular weight is 284 g/mol. The second kappa shape index (κ2) is 7.04. The molecule has 0 heterocycles. The summed E-state index contributed by atoms with van der Waals surface area (Å²) < 4.78 is 9.53. The zero-order chi connectivity index (χ0) is 15.1. The number of ether oxygens (including phenoxy) is 2. The molecule has 1 amide bonds. The summed E-state index contributed by atoms with van der Waals surface area (Å²) in [5.74, 6) is -1.67. The molecule has 9 nitrogen and oxygen atoms in total. The number of carbonyl (C=O) groups is 2. The van der Waals surface area contributed by atoms with Crippen LogP contribution in [-0.2, 0) is 14.3 Å². The number of aliphatic carboxylic acids is 1. The molecule has 9 heteroatoms. The number of nitrogens with zero attached hydrogens (tertiary/aromatic N) is 1. The van der Waals surface area contributed by atoms with Crippen molar-refractivity contribution in [3.8, 4) is 5.75 Å². The molecule has 0 aliphatic rings. The lowest BCUT2D eigenvalue weighted by Gasteiger charge is -2.09. The second-order valence-corrected chi connectivity index (χ2v) is 3.58. The first-order chi connectivity index (χ1) is 9.43. The predicted octanol–water partition coefficient (Wildman–Crippen LogP) is 0.643. The maximum Gasteiger partial charge on any atom is 0.329 e. The Bertz CT molecular complexity index is 530. The molecule has 1 aromatic carbocycles. The molecule has 0 saturated carbocycles. The number of anilines is 1. The number of carbonyl (C=O) groups excluding carboxylic acids is 1. The molecular formula is C11H12N2O7. The van der Waals surface area contributed by atoms with Gasteiger partial charge in [-0.05, 0) is 6.07 Å². The summed E-state index contributed by atoms with van der Waals surface area (Å²) in [6, 6.07) is 3.68. The van der Waals surface area contributed by atoms with Crippen LogP contribution in [0.5, 0.6) is 5.75 Å². The fourth-order valence-electron chi connectivity index (χ4n) is 1.31. The molecule has 0 bridgehead atoms. The quantitative estimate of drug-likeness (QED) is 0.555. The van der Waals surface area contributed by atoms with Gasteiger partial charge in [-0.25, -0.2) is 4.79 Å². The number of nitro groups is 1. The van der Waals surface area contributed by atoms with E-state index >= 15 is 0 Å². The molecule has 0 radical (unpaired) electrons. The molecule has 20 heavy (non-hydrogen) atoms. The minimum atomic E-state index is -1.19. The van der Waals surface area contributed by atoms with Gasteiger partial charge in [-0.15, -0.1) is 0 Å². The largest absolute Gasteiger partial charge is 0.494 e. The first-order valence-corrected chi connectivity index (χ1v) is 5.36. The first-order valence-electron chi connectivity index (χ1n) is 5.36. The Morgan fingerprint density at radius 3 is 2.65 bits per heavy atom. The molecule has 0 atom stereocenters. The van der Waals surface area contributed by atoms with Gasteiger partial charge in [0.25, 0.3) is 5.69 Å². The Kier molecular flexibility index (Phi) is 5.42. The van der Waals surface area contributed by atoms with Crippen LogP contribution in [0.15, 0.2) is 18.2 Å². The number of carboxylic acid groups (broad SMARTS) is 1. The number of nitro benzene ring substituents is 1. The maximum atomic E-state index is 11.5. The Labute approximate surface area is 113 Å². The first kappa shape index (κ1) is 15.4. The summed E-state index contributed by atoms with van der Waals surface area (Å²) in [5.41, 5.74) is 0.0454. The van der Waals surface area contributed by atoms with Crippen molar-refractivity contribution >= 4 is 23.3 Å². The predicted molar refractivity (Wildman–Crippen MR) is 66.7 cm³/mol. The van der Waals surface area contributed by atoms with E-state index in [9.17, 15) is 19.7 Å². The van der Waals surface area contributed by atoms with Crippen LogP contribution < -0.4 is 10.1 Å². The van der Waals surface area contributed by atoms with Gasteiger partial charge in [0.2, 0.25) is 5.91 Å².